The van der Waals surface area contributed by atoms with Crippen LogP contribution in [0.5, 0.6) is 0 Å². The Kier molecular flexibility index (Phi) is 2.67. The molecule has 0 saturated carbocycles. The predicted octanol–water partition coefficient (Wildman–Crippen LogP) is 2.88. The largest absolute Gasteiger partial charge is 0.463 e. The Morgan fingerprint density at radius 2 is 2.00 bits per heavy atom. The third-order valence-electron chi connectivity index (χ3n) is 2.52. The maximum Gasteiger partial charge on any atom is 0.257 e. The van der Waals surface area contributed by atoms with E-state index in [2.05, 4.69) is 25.2 Å². The van der Waals surface area contributed by atoms with Crippen LogP contribution in [0.4, 0.5) is 0 Å². The maximum atomic E-state index is 5.82. The van der Waals surface area contributed by atoms with Gasteiger partial charge in [0.1, 0.15) is 11.0 Å². The van der Waals surface area contributed by atoms with Crippen LogP contribution in [0.2, 0.25) is 13.1 Å². The second-order valence-electron chi connectivity index (χ2n) is 4.09. The van der Waals surface area contributed by atoms with Crippen molar-refractivity contribution in [2.45, 2.75) is 20.0 Å². The van der Waals surface area contributed by atoms with Crippen LogP contribution in [0.3, 0.4) is 0 Å². The molecule has 0 fully saturated rings. The number of furan rings is 1. The van der Waals surface area contributed by atoms with Gasteiger partial charge in [-0.2, -0.15) is 0 Å². The third-order valence-corrected chi connectivity index (χ3v) is 4.97. The monoisotopic (exact) mass is 220 g/mol. The Labute approximate surface area is 91.0 Å². The van der Waals surface area contributed by atoms with Gasteiger partial charge in [0, 0.05) is 12.0 Å². The van der Waals surface area contributed by atoms with Crippen LogP contribution >= 0.6 is 0 Å². The van der Waals surface area contributed by atoms with E-state index in [9.17, 15) is 0 Å². The van der Waals surface area contributed by atoms with Gasteiger partial charge in [0.2, 0.25) is 0 Å². The SMILES string of the molecule is CCO[Si](C)(C)c1cc2ccccc2o1. The van der Waals surface area contributed by atoms with Crippen LogP contribution in [0, 0.1) is 0 Å². The lowest BCUT2D eigenvalue weighted by atomic mass is 10.3. The summed E-state index contributed by atoms with van der Waals surface area (Å²) in [5, 5.41) is 2.18. The molecule has 2 aromatic rings. The third kappa shape index (κ3) is 1.98. The summed E-state index contributed by atoms with van der Waals surface area (Å²) in [7, 11) is -1.83. The highest BCUT2D eigenvalue weighted by Gasteiger charge is 2.29. The number of para-hydroxylation sites is 1. The van der Waals surface area contributed by atoms with E-state index in [-0.39, 0.29) is 0 Å². The van der Waals surface area contributed by atoms with Crippen molar-refractivity contribution in [2.24, 2.45) is 0 Å². The van der Waals surface area contributed by atoms with Gasteiger partial charge in [-0.3, -0.25) is 0 Å². The molecule has 0 amide bonds. The minimum atomic E-state index is -1.83. The zero-order valence-corrected chi connectivity index (χ0v) is 10.4. The molecule has 1 heterocycles. The Morgan fingerprint density at radius 3 is 2.67 bits per heavy atom. The molecule has 1 aromatic carbocycles. The molecule has 0 spiro atoms. The molecule has 0 unspecified atom stereocenters. The Balaban J connectivity index is 2.44. The van der Waals surface area contributed by atoms with Gasteiger partial charge in [-0.15, -0.1) is 0 Å². The number of rotatable bonds is 3. The van der Waals surface area contributed by atoms with Gasteiger partial charge in [0.25, 0.3) is 8.32 Å². The summed E-state index contributed by atoms with van der Waals surface area (Å²) in [4.78, 5) is 0. The second-order valence-corrected chi connectivity index (χ2v) is 7.89. The summed E-state index contributed by atoms with van der Waals surface area (Å²) in [5.74, 6) is 0. The molecule has 1 aromatic heterocycles. The number of benzene rings is 1. The lowest BCUT2D eigenvalue weighted by Gasteiger charge is -2.18. The molecule has 3 heteroatoms. The van der Waals surface area contributed by atoms with Gasteiger partial charge < -0.3 is 8.84 Å². The average molecular weight is 220 g/mol. The lowest BCUT2D eigenvalue weighted by molar-refractivity contribution is 0.334. The molecule has 0 radical (unpaired) electrons. The first-order valence-electron chi connectivity index (χ1n) is 5.26. The van der Waals surface area contributed by atoms with Gasteiger partial charge in [-0.25, -0.2) is 0 Å². The van der Waals surface area contributed by atoms with Crippen molar-refractivity contribution in [1.82, 2.24) is 0 Å². The van der Waals surface area contributed by atoms with Crippen molar-refractivity contribution in [3.63, 3.8) is 0 Å². The first kappa shape index (κ1) is 10.5. The quantitative estimate of drug-likeness (QED) is 0.742. The molecule has 0 aliphatic rings. The van der Waals surface area contributed by atoms with Gasteiger partial charge in [0.05, 0.1) is 0 Å². The minimum Gasteiger partial charge on any atom is -0.463 e. The molecule has 2 rings (SSSR count). The Bertz CT molecular complexity index is 426. The van der Waals surface area contributed by atoms with Crippen LogP contribution in [-0.4, -0.2) is 14.9 Å². The van der Waals surface area contributed by atoms with Gasteiger partial charge in [-0.1, -0.05) is 18.2 Å². The highest BCUT2D eigenvalue weighted by molar-refractivity contribution is 6.83. The standard InChI is InChI=1S/C12H16O2Si/c1-4-13-15(2,3)12-9-10-7-5-6-8-11(10)14-12/h5-9H,4H2,1-3H3. The van der Waals surface area contributed by atoms with Crippen LogP contribution in [0.25, 0.3) is 11.0 Å². The van der Waals surface area contributed by atoms with E-state index in [0.29, 0.717) is 0 Å². The number of hydrogen-bond donors (Lipinski definition) is 0. The molecule has 80 valence electrons. The fraction of sp³-hybridized carbons (Fsp3) is 0.333. The van der Waals surface area contributed by atoms with Gasteiger partial charge >= 0.3 is 0 Å². The Hall–Kier alpha value is -1.06. The van der Waals surface area contributed by atoms with Crippen LogP contribution < -0.4 is 5.38 Å². The lowest BCUT2D eigenvalue weighted by Crippen LogP contribution is -2.43. The highest BCUT2D eigenvalue weighted by atomic mass is 28.4. The van der Waals surface area contributed by atoms with Crippen molar-refractivity contribution in [3.8, 4) is 0 Å². The zero-order valence-electron chi connectivity index (χ0n) is 9.41. The smallest absolute Gasteiger partial charge is 0.257 e. The van der Waals surface area contributed by atoms with Gasteiger partial charge in [-0.05, 0) is 32.2 Å². The summed E-state index contributed by atoms with van der Waals surface area (Å²) in [5.41, 5.74) is 0.952. The van der Waals surface area contributed by atoms with E-state index < -0.39 is 8.32 Å². The average Bonchev–Trinajstić information content (AvgIpc) is 2.61. The minimum absolute atomic E-state index is 0.746. The summed E-state index contributed by atoms with van der Waals surface area (Å²) in [6, 6.07) is 10.2. The van der Waals surface area contributed by atoms with Crippen LogP contribution in [-0.2, 0) is 4.43 Å². The second kappa shape index (κ2) is 3.83. The van der Waals surface area contributed by atoms with Crippen molar-refractivity contribution in [2.75, 3.05) is 6.61 Å². The van der Waals surface area contributed by atoms with Crippen molar-refractivity contribution < 1.29 is 8.84 Å². The van der Waals surface area contributed by atoms with E-state index in [1.807, 2.05) is 25.1 Å². The van der Waals surface area contributed by atoms with E-state index in [1.54, 1.807) is 0 Å². The molecule has 0 N–H and O–H groups in total. The topological polar surface area (TPSA) is 22.4 Å². The first-order valence-corrected chi connectivity index (χ1v) is 8.17. The Morgan fingerprint density at radius 1 is 1.27 bits per heavy atom. The number of fused-ring (bicyclic) bond motifs is 1. The summed E-state index contributed by atoms with van der Waals surface area (Å²) >= 11 is 0. The van der Waals surface area contributed by atoms with Crippen LogP contribution in [0.1, 0.15) is 6.92 Å². The fourth-order valence-corrected chi connectivity index (χ4v) is 3.43. The predicted molar refractivity (Wildman–Crippen MR) is 65.0 cm³/mol. The fourth-order valence-electron chi connectivity index (χ4n) is 1.71. The van der Waals surface area contributed by atoms with E-state index in [4.69, 9.17) is 8.84 Å². The molecular weight excluding hydrogens is 204 g/mol. The van der Waals surface area contributed by atoms with E-state index in [0.717, 1.165) is 23.0 Å². The van der Waals surface area contributed by atoms with Crippen molar-refractivity contribution in [3.05, 3.63) is 30.3 Å². The molecule has 15 heavy (non-hydrogen) atoms. The molecule has 0 aliphatic heterocycles. The molecular formula is C12H16O2Si. The molecule has 0 aliphatic carbocycles. The van der Waals surface area contributed by atoms with Crippen molar-refractivity contribution in [1.29, 1.82) is 0 Å². The highest BCUT2D eigenvalue weighted by Crippen LogP contribution is 2.16. The van der Waals surface area contributed by atoms with E-state index >= 15 is 0 Å². The van der Waals surface area contributed by atoms with Gasteiger partial charge in [0.15, 0.2) is 0 Å². The normalized spacial score (nSPS) is 12.2. The first-order chi connectivity index (χ1) is 7.13. The van der Waals surface area contributed by atoms with Crippen molar-refractivity contribution >= 4 is 24.7 Å². The maximum absolute atomic E-state index is 5.82. The summed E-state index contributed by atoms with van der Waals surface area (Å²) in [6.07, 6.45) is 0. The number of hydrogen-bond acceptors (Lipinski definition) is 2. The summed E-state index contributed by atoms with van der Waals surface area (Å²) in [6.45, 7) is 7.09. The molecule has 0 atom stereocenters. The zero-order chi connectivity index (χ0) is 10.9. The molecule has 2 nitrogen and oxygen atoms in total. The van der Waals surface area contributed by atoms with Crippen LogP contribution in [0.15, 0.2) is 34.7 Å². The molecule has 0 bridgehead atoms. The summed E-state index contributed by atoms with van der Waals surface area (Å²) < 4.78 is 11.6. The van der Waals surface area contributed by atoms with E-state index in [1.165, 1.54) is 0 Å². The molecule has 0 saturated heterocycles.